The van der Waals surface area contributed by atoms with Crippen LogP contribution in [0, 0.1) is 0 Å². The number of para-hydroxylation sites is 2. The van der Waals surface area contributed by atoms with Crippen LogP contribution in [0.15, 0.2) is 231 Å². The first-order valence-corrected chi connectivity index (χ1v) is 20.6. The molecule has 0 amide bonds. The van der Waals surface area contributed by atoms with Crippen LogP contribution in [0.1, 0.15) is 0 Å². The molecule has 61 heavy (non-hydrogen) atoms. The lowest BCUT2D eigenvalue weighted by molar-refractivity contribution is 1.07. The van der Waals surface area contributed by atoms with E-state index in [-0.39, 0.29) is 0 Å². The van der Waals surface area contributed by atoms with Gasteiger partial charge in [0.15, 0.2) is 17.5 Å². The molecule has 0 saturated carbocycles. The third kappa shape index (κ3) is 6.86. The highest BCUT2D eigenvalue weighted by atomic mass is 15.0. The fraction of sp³-hybridized carbons (Fsp3) is 0. The Morgan fingerprint density at radius 1 is 0.262 bits per heavy atom. The van der Waals surface area contributed by atoms with E-state index in [9.17, 15) is 0 Å². The quantitative estimate of drug-likeness (QED) is 0.154. The standard InChI is InChI=1S/C57H38N4/c1-5-15-39(16-6-1)40-27-31-44(32-28-40)56-58-55(43-19-9-3-10-20-43)59-57(60-56)45-33-29-41(30-34-45)46-21-13-22-47(37-46)48-35-36-51-52-26-14-25-50(42-17-7-2-8-18-42)54(52)61(53(51)38-48)49-23-11-4-12-24-49/h1-38H. The van der Waals surface area contributed by atoms with Gasteiger partial charge in [-0.25, -0.2) is 15.0 Å². The summed E-state index contributed by atoms with van der Waals surface area (Å²) in [7, 11) is 0. The number of nitrogens with zero attached hydrogens (tertiary/aromatic N) is 4. The number of hydrogen-bond acceptors (Lipinski definition) is 3. The Morgan fingerprint density at radius 3 is 1.25 bits per heavy atom. The first kappa shape index (κ1) is 35.9. The zero-order valence-corrected chi connectivity index (χ0v) is 33.2. The van der Waals surface area contributed by atoms with Gasteiger partial charge in [0, 0.05) is 38.7 Å². The van der Waals surface area contributed by atoms with Crippen molar-refractivity contribution in [1.29, 1.82) is 0 Å². The van der Waals surface area contributed by atoms with E-state index in [0.717, 1.165) is 50.2 Å². The predicted octanol–water partition coefficient (Wildman–Crippen LogP) is 14.6. The zero-order chi connectivity index (χ0) is 40.5. The van der Waals surface area contributed by atoms with E-state index in [1.807, 2.05) is 36.4 Å². The first-order chi connectivity index (χ1) is 30.2. The fourth-order valence-corrected chi connectivity index (χ4v) is 8.42. The average molecular weight is 779 g/mol. The van der Waals surface area contributed by atoms with Crippen molar-refractivity contribution in [1.82, 2.24) is 19.5 Å². The topological polar surface area (TPSA) is 43.6 Å². The van der Waals surface area contributed by atoms with E-state index in [1.165, 1.54) is 38.5 Å². The van der Waals surface area contributed by atoms with Crippen LogP contribution in [0.25, 0.3) is 106 Å². The van der Waals surface area contributed by atoms with Gasteiger partial charge in [-0.3, -0.25) is 0 Å². The lowest BCUT2D eigenvalue weighted by atomic mass is 9.97. The molecule has 0 aliphatic rings. The normalized spacial score (nSPS) is 11.3. The van der Waals surface area contributed by atoms with E-state index >= 15 is 0 Å². The maximum Gasteiger partial charge on any atom is 0.164 e. The van der Waals surface area contributed by atoms with Crippen LogP contribution in [-0.4, -0.2) is 19.5 Å². The average Bonchev–Trinajstić information content (AvgIpc) is 3.69. The van der Waals surface area contributed by atoms with Crippen molar-refractivity contribution >= 4 is 21.8 Å². The SMILES string of the molecule is c1ccc(-c2ccc(-c3nc(-c4ccccc4)nc(-c4ccc(-c5cccc(-c6ccc7c8cccc(-c9ccccc9)c8n(-c8ccccc8)c7c6)c5)cc4)n3)cc2)cc1. The van der Waals surface area contributed by atoms with Crippen LogP contribution in [0.3, 0.4) is 0 Å². The highest BCUT2D eigenvalue weighted by Gasteiger charge is 2.18. The van der Waals surface area contributed by atoms with Crippen molar-refractivity contribution in [2.45, 2.75) is 0 Å². The molecule has 0 N–H and O–H groups in total. The number of aromatic nitrogens is 4. The van der Waals surface area contributed by atoms with Gasteiger partial charge in [0.25, 0.3) is 0 Å². The summed E-state index contributed by atoms with van der Waals surface area (Å²) in [6.45, 7) is 0. The minimum atomic E-state index is 0.633. The first-order valence-electron chi connectivity index (χ1n) is 20.6. The molecule has 11 rings (SSSR count). The van der Waals surface area contributed by atoms with Gasteiger partial charge < -0.3 is 4.57 Å². The van der Waals surface area contributed by atoms with E-state index in [0.29, 0.717) is 17.5 Å². The summed E-state index contributed by atoms with van der Waals surface area (Å²) in [5.41, 5.74) is 15.6. The second kappa shape index (κ2) is 15.5. The highest BCUT2D eigenvalue weighted by molar-refractivity contribution is 6.14. The van der Waals surface area contributed by atoms with Crippen LogP contribution in [0.4, 0.5) is 0 Å². The van der Waals surface area contributed by atoms with Crippen LogP contribution < -0.4 is 0 Å². The summed E-state index contributed by atoms with van der Waals surface area (Å²) in [5.74, 6) is 1.91. The van der Waals surface area contributed by atoms with E-state index in [1.54, 1.807) is 0 Å². The summed E-state index contributed by atoms with van der Waals surface area (Å²) in [5, 5.41) is 2.47. The van der Waals surface area contributed by atoms with Crippen molar-refractivity contribution < 1.29 is 0 Å². The maximum absolute atomic E-state index is 5.03. The molecule has 11 aromatic rings. The molecule has 0 bridgehead atoms. The van der Waals surface area contributed by atoms with Gasteiger partial charge in [-0.2, -0.15) is 0 Å². The summed E-state index contributed by atoms with van der Waals surface area (Å²) >= 11 is 0. The van der Waals surface area contributed by atoms with Gasteiger partial charge in [-0.1, -0.05) is 206 Å². The molecule has 0 aliphatic heterocycles. The Kier molecular flexibility index (Phi) is 9.14. The number of hydrogen-bond donors (Lipinski definition) is 0. The van der Waals surface area contributed by atoms with E-state index in [2.05, 4.69) is 199 Å². The monoisotopic (exact) mass is 778 g/mol. The molecule has 2 aromatic heterocycles. The van der Waals surface area contributed by atoms with Crippen LogP contribution >= 0.6 is 0 Å². The summed E-state index contributed by atoms with van der Waals surface area (Å²) < 4.78 is 2.43. The van der Waals surface area contributed by atoms with Crippen LogP contribution in [-0.2, 0) is 0 Å². The highest BCUT2D eigenvalue weighted by Crippen LogP contribution is 2.40. The molecule has 2 heterocycles. The second-order valence-corrected chi connectivity index (χ2v) is 15.2. The Hall–Kier alpha value is -8.21. The number of rotatable bonds is 8. The van der Waals surface area contributed by atoms with Gasteiger partial charge in [0.1, 0.15) is 0 Å². The number of fused-ring (bicyclic) bond motifs is 3. The van der Waals surface area contributed by atoms with Gasteiger partial charge >= 0.3 is 0 Å². The zero-order valence-electron chi connectivity index (χ0n) is 33.2. The van der Waals surface area contributed by atoms with Crippen molar-refractivity contribution in [3.63, 3.8) is 0 Å². The molecule has 286 valence electrons. The lowest BCUT2D eigenvalue weighted by Gasteiger charge is -2.12. The van der Waals surface area contributed by atoms with Gasteiger partial charge in [0.2, 0.25) is 0 Å². The van der Waals surface area contributed by atoms with Gasteiger partial charge in [0.05, 0.1) is 11.0 Å². The molecular formula is C57H38N4. The molecule has 0 unspecified atom stereocenters. The van der Waals surface area contributed by atoms with Crippen molar-refractivity contribution in [2.24, 2.45) is 0 Å². The Bertz CT molecular complexity index is 3300. The van der Waals surface area contributed by atoms with Crippen molar-refractivity contribution in [3.8, 4) is 84.4 Å². The maximum atomic E-state index is 5.03. The van der Waals surface area contributed by atoms with Crippen LogP contribution in [0.5, 0.6) is 0 Å². The predicted molar refractivity (Wildman–Crippen MR) is 252 cm³/mol. The molecular weight excluding hydrogens is 741 g/mol. The third-order valence-corrected chi connectivity index (χ3v) is 11.5. The molecule has 4 nitrogen and oxygen atoms in total. The molecule has 0 radical (unpaired) electrons. The molecule has 9 aromatic carbocycles. The van der Waals surface area contributed by atoms with Gasteiger partial charge in [-0.05, 0) is 63.2 Å². The Balaban J connectivity index is 0.955. The summed E-state index contributed by atoms with van der Waals surface area (Å²) in [4.78, 5) is 15.0. The Morgan fingerprint density at radius 2 is 0.656 bits per heavy atom. The molecule has 0 atom stereocenters. The lowest BCUT2D eigenvalue weighted by Crippen LogP contribution is -2.00. The van der Waals surface area contributed by atoms with E-state index in [4.69, 9.17) is 15.0 Å². The molecule has 0 saturated heterocycles. The minimum absolute atomic E-state index is 0.633. The van der Waals surface area contributed by atoms with Crippen molar-refractivity contribution in [2.75, 3.05) is 0 Å². The largest absolute Gasteiger partial charge is 0.309 e. The molecule has 0 aliphatic carbocycles. The van der Waals surface area contributed by atoms with Crippen LogP contribution in [0.2, 0.25) is 0 Å². The molecule has 4 heteroatoms. The molecule has 0 fully saturated rings. The summed E-state index contributed by atoms with van der Waals surface area (Å²) in [6.07, 6.45) is 0. The Labute approximate surface area is 354 Å². The third-order valence-electron chi connectivity index (χ3n) is 11.5. The second-order valence-electron chi connectivity index (χ2n) is 15.2. The summed E-state index contributed by atoms with van der Waals surface area (Å²) in [6, 6.07) is 81.2. The smallest absolute Gasteiger partial charge is 0.164 e. The number of benzene rings is 9. The molecule has 0 spiro atoms. The van der Waals surface area contributed by atoms with E-state index < -0.39 is 0 Å². The fourth-order valence-electron chi connectivity index (χ4n) is 8.42. The van der Waals surface area contributed by atoms with Crippen molar-refractivity contribution in [3.05, 3.63) is 231 Å². The van der Waals surface area contributed by atoms with Gasteiger partial charge in [-0.15, -0.1) is 0 Å². The minimum Gasteiger partial charge on any atom is -0.309 e.